The first-order valence-electron chi connectivity index (χ1n) is 6.06. The van der Waals surface area contributed by atoms with Crippen molar-refractivity contribution in [1.82, 2.24) is 5.32 Å². The van der Waals surface area contributed by atoms with Crippen LogP contribution in [0.4, 0.5) is 8.78 Å². The minimum absolute atomic E-state index is 0.00538. The Morgan fingerprint density at radius 2 is 2.16 bits per heavy atom. The van der Waals surface area contributed by atoms with Crippen molar-refractivity contribution in [3.05, 3.63) is 29.8 Å². The summed E-state index contributed by atoms with van der Waals surface area (Å²) in [5.41, 5.74) is 4.47. The van der Waals surface area contributed by atoms with E-state index in [-0.39, 0.29) is 18.3 Å². The Bertz CT molecular complexity index is 492. The molecule has 0 heterocycles. The summed E-state index contributed by atoms with van der Waals surface area (Å²) in [4.78, 5) is 11.6. The van der Waals surface area contributed by atoms with Crippen molar-refractivity contribution in [3.63, 3.8) is 0 Å². The van der Waals surface area contributed by atoms with Crippen LogP contribution in [0.1, 0.15) is 12.8 Å². The number of benzene rings is 1. The van der Waals surface area contributed by atoms with Gasteiger partial charge < -0.3 is 15.8 Å². The van der Waals surface area contributed by atoms with E-state index < -0.39 is 23.1 Å². The number of carbonyl (C=O) groups excluding carboxylic acids is 1. The maximum Gasteiger partial charge on any atom is 0.241 e. The van der Waals surface area contributed by atoms with Crippen molar-refractivity contribution < 1.29 is 18.3 Å². The second kappa shape index (κ2) is 5.13. The lowest BCUT2D eigenvalue weighted by molar-refractivity contribution is -0.126. The number of carbonyl (C=O) groups is 1. The molecule has 1 fully saturated rings. The van der Waals surface area contributed by atoms with Crippen LogP contribution >= 0.6 is 0 Å². The molecule has 1 unspecified atom stereocenters. The van der Waals surface area contributed by atoms with E-state index in [4.69, 9.17) is 10.5 Å². The highest BCUT2D eigenvalue weighted by atomic mass is 19.2. The zero-order chi connectivity index (χ0) is 14.0. The van der Waals surface area contributed by atoms with Crippen molar-refractivity contribution in [2.45, 2.75) is 18.4 Å². The molecule has 1 aliphatic carbocycles. The lowest BCUT2D eigenvalue weighted by atomic mass is 9.93. The predicted molar refractivity (Wildman–Crippen MR) is 65.6 cm³/mol. The number of likely N-dealkylation sites (N-methyl/N-ethyl adjacent to an activating group) is 1. The van der Waals surface area contributed by atoms with E-state index in [9.17, 15) is 13.6 Å². The third-order valence-electron chi connectivity index (χ3n) is 3.52. The summed E-state index contributed by atoms with van der Waals surface area (Å²) < 4.78 is 31.2. The summed E-state index contributed by atoms with van der Waals surface area (Å²) >= 11 is 0. The van der Waals surface area contributed by atoms with Crippen molar-refractivity contribution in [2.75, 3.05) is 13.7 Å². The normalized spacial score (nSPS) is 17.8. The molecule has 104 valence electrons. The van der Waals surface area contributed by atoms with Gasteiger partial charge in [0.15, 0.2) is 11.6 Å². The maximum absolute atomic E-state index is 13.0. The number of halogens is 2. The Hall–Kier alpha value is -1.69. The first kappa shape index (κ1) is 13.7. The first-order chi connectivity index (χ1) is 8.99. The zero-order valence-electron chi connectivity index (χ0n) is 10.6. The van der Waals surface area contributed by atoms with Gasteiger partial charge in [-0.05, 0) is 37.9 Å². The summed E-state index contributed by atoms with van der Waals surface area (Å²) in [5, 5.41) is 2.91. The summed E-state index contributed by atoms with van der Waals surface area (Å²) in [6.45, 7) is -0.00538. The monoisotopic (exact) mass is 270 g/mol. The van der Waals surface area contributed by atoms with E-state index in [1.54, 1.807) is 7.05 Å². The average Bonchev–Trinajstić information content (AvgIpc) is 3.19. The number of hydrogen-bond acceptors (Lipinski definition) is 3. The molecule has 0 bridgehead atoms. The number of amides is 1. The topological polar surface area (TPSA) is 64.3 Å². The summed E-state index contributed by atoms with van der Waals surface area (Å²) in [6.07, 6.45) is 1.79. The highest BCUT2D eigenvalue weighted by molar-refractivity contribution is 5.85. The molecule has 1 aromatic carbocycles. The van der Waals surface area contributed by atoms with Crippen molar-refractivity contribution in [2.24, 2.45) is 11.7 Å². The highest BCUT2D eigenvalue weighted by Crippen LogP contribution is 2.39. The fraction of sp³-hybridized carbons (Fsp3) is 0.462. The van der Waals surface area contributed by atoms with Gasteiger partial charge in [-0.15, -0.1) is 0 Å². The molecular formula is C13H16F2N2O2. The van der Waals surface area contributed by atoms with E-state index >= 15 is 0 Å². The largest absolute Gasteiger partial charge is 0.491 e. The molecule has 2 rings (SSSR count). The van der Waals surface area contributed by atoms with Crippen LogP contribution < -0.4 is 15.8 Å². The van der Waals surface area contributed by atoms with Crippen LogP contribution in [0.3, 0.4) is 0 Å². The van der Waals surface area contributed by atoms with Gasteiger partial charge in [0.2, 0.25) is 5.91 Å². The van der Waals surface area contributed by atoms with E-state index in [1.165, 1.54) is 6.07 Å². The molecule has 6 heteroatoms. The lowest BCUT2D eigenvalue weighted by Gasteiger charge is -2.30. The molecule has 1 aromatic rings. The lowest BCUT2D eigenvalue weighted by Crippen LogP contribution is -2.59. The van der Waals surface area contributed by atoms with E-state index in [0.29, 0.717) is 0 Å². The number of ether oxygens (including phenoxy) is 1. The third-order valence-corrected chi connectivity index (χ3v) is 3.52. The van der Waals surface area contributed by atoms with Gasteiger partial charge in [0, 0.05) is 6.07 Å². The van der Waals surface area contributed by atoms with Crippen LogP contribution in [0, 0.1) is 17.6 Å². The Labute approximate surface area is 109 Å². The quantitative estimate of drug-likeness (QED) is 0.816. The number of primary amides is 1. The van der Waals surface area contributed by atoms with E-state index in [1.807, 2.05) is 0 Å². The smallest absolute Gasteiger partial charge is 0.241 e. The van der Waals surface area contributed by atoms with Crippen LogP contribution in [-0.2, 0) is 4.79 Å². The molecule has 1 aliphatic rings. The van der Waals surface area contributed by atoms with Gasteiger partial charge in [0.25, 0.3) is 0 Å². The van der Waals surface area contributed by atoms with Gasteiger partial charge in [-0.2, -0.15) is 0 Å². The maximum atomic E-state index is 13.0. The van der Waals surface area contributed by atoms with E-state index in [2.05, 4.69) is 5.32 Å². The molecule has 1 atom stereocenters. The van der Waals surface area contributed by atoms with E-state index in [0.717, 1.165) is 25.0 Å². The zero-order valence-corrected chi connectivity index (χ0v) is 10.6. The van der Waals surface area contributed by atoms with Gasteiger partial charge in [0.1, 0.15) is 17.9 Å². The molecule has 0 saturated heterocycles. The summed E-state index contributed by atoms with van der Waals surface area (Å²) in [7, 11) is 1.64. The van der Waals surface area contributed by atoms with Crippen LogP contribution in [0.25, 0.3) is 0 Å². The summed E-state index contributed by atoms with van der Waals surface area (Å²) in [5.74, 6) is -2.14. The van der Waals surface area contributed by atoms with Crippen molar-refractivity contribution >= 4 is 5.91 Å². The molecule has 0 spiro atoms. The molecule has 0 radical (unpaired) electrons. The van der Waals surface area contributed by atoms with Crippen molar-refractivity contribution in [3.8, 4) is 5.75 Å². The minimum Gasteiger partial charge on any atom is -0.491 e. The fourth-order valence-corrected chi connectivity index (χ4v) is 2.13. The Morgan fingerprint density at radius 1 is 1.47 bits per heavy atom. The van der Waals surface area contributed by atoms with Gasteiger partial charge in [-0.3, -0.25) is 4.79 Å². The molecule has 3 N–H and O–H groups in total. The van der Waals surface area contributed by atoms with Gasteiger partial charge >= 0.3 is 0 Å². The Kier molecular flexibility index (Phi) is 3.71. The molecule has 0 aliphatic heterocycles. The second-order valence-corrected chi connectivity index (χ2v) is 4.72. The predicted octanol–water partition coefficient (Wildman–Crippen LogP) is 1.20. The van der Waals surface area contributed by atoms with Crippen molar-refractivity contribution in [1.29, 1.82) is 0 Å². The fourth-order valence-electron chi connectivity index (χ4n) is 2.13. The number of nitrogens with one attached hydrogen (secondary N) is 1. The van der Waals surface area contributed by atoms with Gasteiger partial charge in [0.05, 0.1) is 0 Å². The molecule has 1 saturated carbocycles. The molecule has 1 amide bonds. The van der Waals surface area contributed by atoms with Crippen LogP contribution in [0.15, 0.2) is 18.2 Å². The molecule has 0 aromatic heterocycles. The number of hydrogen-bond donors (Lipinski definition) is 2. The van der Waals surface area contributed by atoms with Gasteiger partial charge in [-0.1, -0.05) is 0 Å². The minimum atomic E-state index is -0.988. The van der Waals surface area contributed by atoms with Crippen LogP contribution in [-0.4, -0.2) is 25.1 Å². The number of rotatable bonds is 6. The molecular weight excluding hydrogens is 254 g/mol. The number of nitrogens with two attached hydrogens (primary N) is 1. The average molecular weight is 270 g/mol. The highest BCUT2D eigenvalue weighted by Gasteiger charge is 2.49. The second-order valence-electron chi connectivity index (χ2n) is 4.72. The first-order valence-corrected chi connectivity index (χ1v) is 6.06. The standard InChI is InChI=1S/C13H16F2N2O2/c1-17-13(12(16)18,8-2-3-8)7-19-9-4-5-10(14)11(15)6-9/h4-6,8,17H,2-3,7H2,1H3,(H2,16,18). The Morgan fingerprint density at radius 3 is 2.63 bits per heavy atom. The molecule has 19 heavy (non-hydrogen) atoms. The van der Waals surface area contributed by atoms with Gasteiger partial charge in [-0.25, -0.2) is 8.78 Å². The SMILES string of the molecule is CNC(COc1ccc(F)c(F)c1)(C(N)=O)C1CC1. The third kappa shape index (κ3) is 2.68. The molecule has 4 nitrogen and oxygen atoms in total. The Balaban J connectivity index is 2.10. The van der Waals surface area contributed by atoms with Crippen LogP contribution in [0.5, 0.6) is 5.75 Å². The van der Waals surface area contributed by atoms with Crippen LogP contribution in [0.2, 0.25) is 0 Å². The summed E-state index contributed by atoms with van der Waals surface area (Å²) in [6, 6.07) is 3.24.